The number of nitrogens with zero attached hydrogens (tertiary/aromatic N) is 1. The third kappa shape index (κ3) is 2.89. The maximum absolute atomic E-state index is 10.7. The van der Waals surface area contributed by atoms with Crippen LogP contribution < -0.4 is 4.74 Å². The number of aliphatic hydroxyl groups is 1. The van der Waals surface area contributed by atoms with Crippen LogP contribution in [0.25, 0.3) is 0 Å². The summed E-state index contributed by atoms with van der Waals surface area (Å²) in [6.45, 7) is 0. The molecular weight excluding hydrogens is 246 g/mol. The maximum Gasteiger partial charge on any atom is 0.269 e. The Morgan fingerprint density at radius 1 is 1.16 bits per heavy atom. The Morgan fingerprint density at radius 2 is 1.84 bits per heavy atom. The molecule has 2 aromatic rings. The smallest absolute Gasteiger partial charge is 0.269 e. The lowest BCUT2D eigenvalue weighted by molar-refractivity contribution is -0.385. The molecule has 0 aliphatic heterocycles. The van der Waals surface area contributed by atoms with Crippen molar-refractivity contribution in [2.75, 3.05) is 7.11 Å². The molecular formula is C14H13NO4. The topological polar surface area (TPSA) is 72.6 Å². The van der Waals surface area contributed by atoms with Gasteiger partial charge in [-0.05, 0) is 23.3 Å². The number of aliphatic hydroxyl groups excluding tert-OH is 1. The van der Waals surface area contributed by atoms with Crippen LogP contribution in [0.5, 0.6) is 5.75 Å². The third-order valence-corrected chi connectivity index (χ3v) is 2.83. The van der Waals surface area contributed by atoms with Crippen LogP contribution >= 0.6 is 0 Å². The second-order valence-corrected chi connectivity index (χ2v) is 4.03. The summed E-state index contributed by atoms with van der Waals surface area (Å²) in [7, 11) is 1.56. The van der Waals surface area contributed by atoms with E-state index in [0.717, 1.165) is 0 Å². The number of hydrogen-bond donors (Lipinski definition) is 1. The Labute approximate surface area is 110 Å². The fourth-order valence-electron chi connectivity index (χ4n) is 1.79. The second kappa shape index (κ2) is 5.49. The number of non-ortho nitro benzene ring substituents is 1. The number of hydrogen-bond acceptors (Lipinski definition) is 4. The SMILES string of the molecule is COc1ccc([C@H](O)c2cccc([N+](=O)[O-])c2)cc1. The van der Waals surface area contributed by atoms with Crippen molar-refractivity contribution in [1.82, 2.24) is 0 Å². The summed E-state index contributed by atoms with van der Waals surface area (Å²) in [5, 5.41) is 20.9. The number of nitro benzene ring substituents is 1. The first kappa shape index (κ1) is 13.0. The van der Waals surface area contributed by atoms with Gasteiger partial charge in [-0.25, -0.2) is 0 Å². The monoisotopic (exact) mass is 259 g/mol. The molecule has 2 aromatic carbocycles. The highest BCUT2D eigenvalue weighted by Gasteiger charge is 2.14. The molecule has 1 N–H and O–H groups in total. The van der Waals surface area contributed by atoms with Gasteiger partial charge in [-0.1, -0.05) is 24.3 Å². The Bertz CT molecular complexity index is 580. The summed E-state index contributed by atoms with van der Waals surface area (Å²) in [6.07, 6.45) is -0.897. The molecule has 5 heteroatoms. The van der Waals surface area contributed by atoms with E-state index in [1.54, 1.807) is 43.5 Å². The predicted molar refractivity (Wildman–Crippen MR) is 70.2 cm³/mol. The molecule has 0 aliphatic carbocycles. The van der Waals surface area contributed by atoms with Crippen molar-refractivity contribution in [2.24, 2.45) is 0 Å². The van der Waals surface area contributed by atoms with Crippen LogP contribution in [0, 0.1) is 10.1 Å². The average molecular weight is 259 g/mol. The molecule has 2 rings (SSSR count). The van der Waals surface area contributed by atoms with Gasteiger partial charge < -0.3 is 9.84 Å². The highest BCUT2D eigenvalue weighted by atomic mass is 16.6. The normalized spacial score (nSPS) is 11.9. The van der Waals surface area contributed by atoms with Crippen LogP contribution in [0.15, 0.2) is 48.5 Å². The standard InChI is InChI=1S/C14H13NO4/c1-19-13-7-5-10(6-8-13)14(16)11-3-2-4-12(9-11)15(17)18/h2-9,14,16H,1H3/t14-/m0/s1. The molecule has 0 fully saturated rings. The van der Waals surface area contributed by atoms with E-state index >= 15 is 0 Å². The fourth-order valence-corrected chi connectivity index (χ4v) is 1.79. The molecule has 0 amide bonds. The summed E-state index contributed by atoms with van der Waals surface area (Å²) in [4.78, 5) is 10.2. The molecule has 0 radical (unpaired) electrons. The molecule has 0 aromatic heterocycles. The third-order valence-electron chi connectivity index (χ3n) is 2.83. The van der Waals surface area contributed by atoms with E-state index in [0.29, 0.717) is 16.9 Å². The fraction of sp³-hybridized carbons (Fsp3) is 0.143. The minimum absolute atomic E-state index is 0.0370. The number of benzene rings is 2. The lowest BCUT2D eigenvalue weighted by atomic mass is 10.0. The van der Waals surface area contributed by atoms with Crippen molar-refractivity contribution in [3.63, 3.8) is 0 Å². The van der Waals surface area contributed by atoms with Gasteiger partial charge in [-0.15, -0.1) is 0 Å². The van der Waals surface area contributed by atoms with Gasteiger partial charge in [0.25, 0.3) is 5.69 Å². The van der Waals surface area contributed by atoms with E-state index in [-0.39, 0.29) is 5.69 Å². The van der Waals surface area contributed by atoms with Crippen LogP contribution in [-0.2, 0) is 0 Å². The summed E-state index contributed by atoms with van der Waals surface area (Å²) >= 11 is 0. The van der Waals surface area contributed by atoms with Crippen molar-refractivity contribution in [3.8, 4) is 5.75 Å². The van der Waals surface area contributed by atoms with Crippen molar-refractivity contribution < 1.29 is 14.8 Å². The average Bonchev–Trinajstić information content (AvgIpc) is 2.46. The summed E-state index contributed by atoms with van der Waals surface area (Å²) in [5.74, 6) is 0.690. The molecule has 19 heavy (non-hydrogen) atoms. The number of nitro groups is 1. The predicted octanol–water partition coefficient (Wildman–Crippen LogP) is 2.69. The first-order valence-electron chi connectivity index (χ1n) is 5.68. The highest BCUT2D eigenvalue weighted by molar-refractivity contribution is 5.40. The molecule has 0 heterocycles. The molecule has 0 spiro atoms. The maximum atomic E-state index is 10.7. The zero-order valence-electron chi connectivity index (χ0n) is 10.3. The van der Waals surface area contributed by atoms with Crippen LogP contribution in [-0.4, -0.2) is 17.1 Å². The van der Waals surface area contributed by atoms with Crippen molar-refractivity contribution >= 4 is 5.69 Å². The minimum Gasteiger partial charge on any atom is -0.497 e. The molecule has 5 nitrogen and oxygen atoms in total. The van der Waals surface area contributed by atoms with Gasteiger partial charge in [0.15, 0.2) is 0 Å². The molecule has 0 saturated heterocycles. The zero-order chi connectivity index (χ0) is 13.8. The highest BCUT2D eigenvalue weighted by Crippen LogP contribution is 2.26. The number of methoxy groups -OCH3 is 1. The van der Waals surface area contributed by atoms with E-state index in [4.69, 9.17) is 4.74 Å². The molecule has 0 unspecified atom stereocenters. The molecule has 98 valence electrons. The summed E-state index contributed by atoms with van der Waals surface area (Å²) in [6, 6.07) is 12.9. The second-order valence-electron chi connectivity index (χ2n) is 4.03. The van der Waals surface area contributed by atoms with Gasteiger partial charge in [0.2, 0.25) is 0 Å². The largest absolute Gasteiger partial charge is 0.497 e. The molecule has 0 saturated carbocycles. The van der Waals surface area contributed by atoms with Gasteiger partial charge in [-0.3, -0.25) is 10.1 Å². The Balaban J connectivity index is 2.29. The summed E-state index contributed by atoms with van der Waals surface area (Å²) < 4.78 is 5.03. The van der Waals surface area contributed by atoms with E-state index in [9.17, 15) is 15.2 Å². The molecule has 0 aliphatic rings. The lowest BCUT2D eigenvalue weighted by Gasteiger charge is -2.11. The molecule has 1 atom stereocenters. The minimum atomic E-state index is -0.897. The van der Waals surface area contributed by atoms with Crippen molar-refractivity contribution in [2.45, 2.75) is 6.10 Å². The van der Waals surface area contributed by atoms with Crippen LogP contribution in [0.1, 0.15) is 17.2 Å². The first-order valence-corrected chi connectivity index (χ1v) is 5.68. The van der Waals surface area contributed by atoms with Gasteiger partial charge >= 0.3 is 0 Å². The Hall–Kier alpha value is -2.40. The zero-order valence-corrected chi connectivity index (χ0v) is 10.3. The van der Waals surface area contributed by atoms with Crippen molar-refractivity contribution in [3.05, 3.63) is 69.8 Å². The van der Waals surface area contributed by atoms with E-state index in [2.05, 4.69) is 0 Å². The first-order chi connectivity index (χ1) is 9.11. The van der Waals surface area contributed by atoms with Crippen LogP contribution in [0.3, 0.4) is 0 Å². The van der Waals surface area contributed by atoms with Gasteiger partial charge in [0.05, 0.1) is 12.0 Å². The number of ether oxygens (including phenoxy) is 1. The van der Waals surface area contributed by atoms with Crippen LogP contribution in [0.4, 0.5) is 5.69 Å². The number of rotatable bonds is 4. The molecule has 0 bridgehead atoms. The van der Waals surface area contributed by atoms with Crippen molar-refractivity contribution in [1.29, 1.82) is 0 Å². The summed E-state index contributed by atoms with van der Waals surface area (Å²) in [5.41, 5.74) is 1.10. The lowest BCUT2D eigenvalue weighted by Crippen LogP contribution is -2.00. The van der Waals surface area contributed by atoms with Gasteiger partial charge in [-0.2, -0.15) is 0 Å². The van der Waals surface area contributed by atoms with Crippen LogP contribution in [0.2, 0.25) is 0 Å². The van der Waals surface area contributed by atoms with E-state index < -0.39 is 11.0 Å². The Morgan fingerprint density at radius 3 is 2.42 bits per heavy atom. The van der Waals surface area contributed by atoms with E-state index in [1.807, 2.05) is 0 Å². The van der Waals surface area contributed by atoms with Gasteiger partial charge in [0, 0.05) is 12.1 Å². The van der Waals surface area contributed by atoms with Gasteiger partial charge in [0.1, 0.15) is 11.9 Å². The Kier molecular flexibility index (Phi) is 3.77. The van der Waals surface area contributed by atoms with E-state index in [1.165, 1.54) is 12.1 Å². The quantitative estimate of drug-likeness (QED) is 0.676.